The Bertz CT molecular complexity index is 739. The van der Waals surface area contributed by atoms with Crippen molar-refractivity contribution in [1.29, 1.82) is 0 Å². The molecule has 5 rings (SSSR count). The van der Waals surface area contributed by atoms with Crippen molar-refractivity contribution < 1.29 is 4.74 Å². The van der Waals surface area contributed by atoms with E-state index in [0.717, 1.165) is 31.2 Å². The first kappa shape index (κ1) is 16.8. The van der Waals surface area contributed by atoms with E-state index in [1.54, 1.807) is 0 Å². The summed E-state index contributed by atoms with van der Waals surface area (Å²) in [5, 5.41) is 5.86. The highest BCUT2D eigenvalue weighted by atomic mass is 16.5. The number of hydrogen-bond donors (Lipinski definition) is 0. The van der Waals surface area contributed by atoms with Crippen LogP contribution in [0, 0.1) is 11.8 Å². The number of nitrogens with zero attached hydrogens (tertiary/aromatic N) is 3. The van der Waals surface area contributed by atoms with Crippen LogP contribution in [0.2, 0.25) is 0 Å². The lowest BCUT2D eigenvalue weighted by molar-refractivity contribution is -0.0276. The molecular formula is C22H31N3O. The third-order valence-electron chi connectivity index (χ3n) is 6.66. The summed E-state index contributed by atoms with van der Waals surface area (Å²) in [4.78, 5) is 2.80. The molecule has 2 unspecified atom stereocenters. The van der Waals surface area contributed by atoms with Gasteiger partial charge < -0.3 is 4.74 Å². The first-order valence-electron chi connectivity index (χ1n) is 10.5. The Hall–Kier alpha value is -1.39. The molecule has 4 nitrogen and oxygen atoms in total. The molecule has 1 aromatic carbocycles. The van der Waals surface area contributed by atoms with Gasteiger partial charge in [0.2, 0.25) is 0 Å². The molecule has 0 amide bonds. The topological polar surface area (TPSA) is 30.3 Å². The van der Waals surface area contributed by atoms with Crippen LogP contribution in [0.5, 0.6) is 0 Å². The molecule has 140 valence electrons. The number of benzene rings is 1. The van der Waals surface area contributed by atoms with Crippen LogP contribution >= 0.6 is 0 Å². The maximum absolute atomic E-state index is 6.23. The number of aromatic nitrogens is 2. The van der Waals surface area contributed by atoms with E-state index < -0.39 is 0 Å². The van der Waals surface area contributed by atoms with Gasteiger partial charge in [-0.1, -0.05) is 25.1 Å². The second-order valence-corrected chi connectivity index (χ2v) is 8.94. The molecule has 4 heteroatoms. The van der Waals surface area contributed by atoms with Gasteiger partial charge in [-0.05, 0) is 56.4 Å². The Morgan fingerprint density at radius 1 is 1.08 bits per heavy atom. The van der Waals surface area contributed by atoms with Gasteiger partial charge in [0.25, 0.3) is 0 Å². The van der Waals surface area contributed by atoms with Gasteiger partial charge in [-0.3, -0.25) is 9.58 Å². The summed E-state index contributed by atoms with van der Waals surface area (Å²) in [6.07, 6.45) is 10.5. The molecule has 2 aromatic rings. The second-order valence-electron chi connectivity index (χ2n) is 8.94. The van der Waals surface area contributed by atoms with Crippen LogP contribution in [-0.4, -0.2) is 46.0 Å². The van der Waals surface area contributed by atoms with E-state index in [1.807, 2.05) is 6.20 Å². The third-order valence-corrected chi connectivity index (χ3v) is 6.66. The smallest absolute Gasteiger partial charge is 0.0682 e. The molecule has 2 saturated heterocycles. The Labute approximate surface area is 156 Å². The van der Waals surface area contributed by atoms with Gasteiger partial charge in [0, 0.05) is 37.2 Å². The summed E-state index contributed by atoms with van der Waals surface area (Å²) >= 11 is 0. The Kier molecular flexibility index (Phi) is 4.49. The standard InChI is InChI=1S/C22H31N3O/c1-16(14-25-22-5-3-2-4-18(22)12-23-25)13-24-19-8-9-20(24)11-21(10-19)26-15-17-6-7-17/h2-5,12,16-17,19-21H,6-11,13-15H2,1H3/t16-,19?,20?,21?/m1/s1. The zero-order valence-corrected chi connectivity index (χ0v) is 15.9. The van der Waals surface area contributed by atoms with Gasteiger partial charge in [0.05, 0.1) is 17.8 Å². The van der Waals surface area contributed by atoms with E-state index in [1.165, 1.54) is 56.0 Å². The summed E-state index contributed by atoms with van der Waals surface area (Å²) in [5.74, 6) is 1.50. The van der Waals surface area contributed by atoms with Gasteiger partial charge in [-0.2, -0.15) is 5.10 Å². The molecule has 3 aliphatic rings. The third kappa shape index (κ3) is 3.41. The SMILES string of the molecule is C[C@H](CN1C2CCC1CC(OCC1CC1)C2)Cn1ncc2ccccc21. The molecule has 3 atom stereocenters. The minimum absolute atomic E-state index is 0.523. The van der Waals surface area contributed by atoms with Gasteiger partial charge in [-0.25, -0.2) is 0 Å². The molecule has 3 fully saturated rings. The normalized spacial score (nSPS) is 30.1. The Balaban J connectivity index is 1.18. The molecule has 26 heavy (non-hydrogen) atoms. The van der Waals surface area contributed by atoms with Gasteiger partial charge in [0.15, 0.2) is 0 Å². The number of para-hydroxylation sites is 1. The largest absolute Gasteiger partial charge is 0.378 e. The lowest BCUT2D eigenvalue weighted by atomic mass is 9.98. The van der Waals surface area contributed by atoms with Crippen LogP contribution in [-0.2, 0) is 11.3 Å². The van der Waals surface area contributed by atoms with Gasteiger partial charge in [-0.15, -0.1) is 0 Å². The molecule has 2 aliphatic heterocycles. The van der Waals surface area contributed by atoms with Crippen molar-refractivity contribution in [2.75, 3.05) is 13.2 Å². The highest BCUT2D eigenvalue weighted by Gasteiger charge is 2.41. The van der Waals surface area contributed by atoms with E-state index >= 15 is 0 Å². The number of fused-ring (bicyclic) bond motifs is 3. The predicted octanol–water partition coefficient (Wildman–Crippen LogP) is 4.09. The summed E-state index contributed by atoms with van der Waals surface area (Å²) in [7, 11) is 0. The molecule has 3 heterocycles. The maximum atomic E-state index is 6.23. The highest BCUT2D eigenvalue weighted by molar-refractivity contribution is 5.78. The van der Waals surface area contributed by atoms with Gasteiger partial charge >= 0.3 is 0 Å². The minimum Gasteiger partial charge on any atom is -0.378 e. The van der Waals surface area contributed by atoms with Crippen molar-refractivity contribution >= 4 is 10.9 Å². The molecule has 1 saturated carbocycles. The van der Waals surface area contributed by atoms with E-state index in [4.69, 9.17) is 4.74 Å². The van der Waals surface area contributed by atoms with Crippen LogP contribution in [0.3, 0.4) is 0 Å². The van der Waals surface area contributed by atoms with Crippen LogP contribution in [0.25, 0.3) is 10.9 Å². The van der Waals surface area contributed by atoms with E-state index in [9.17, 15) is 0 Å². The number of piperidine rings is 1. The lowest BCUT2D eigenvalue weighted by Gasteiger charge is -2.40. The second kappa shape index (κ2) is 6.97. The number of ether oxygens (including phenoxy) is 1. The average molecular weight is 354 g/mol. The molecule has 1 aliphatic carbocycles. The van der Waals surface area contributed by atoms with Crippen LogP contribution < -0.4 is 0 Å². The predicted molar refractivity (Wildman–Crippen MR) is 104 cm³/mol. The summed E-state index contributed by atoms with van der Waals surface area (Å²) in [6, 6.07) is 10.0. The van der Waals surface area contributed by atoms with E-state index in [2.05, 4.69) is 45.9 Å². The van der Waals surface area contributed by atoms with Crippen molar-refractivity contribution in [3.8, 4) is 0 Å². The van der Waals surface area contributed by atoms with Crippen LogP contribution in [0.4, 0.5) is 0 Å². The number of hydrogen-bond acceptors (Lipinski definition) is 3. The van der Waals surface area contributed by atoms with Crippen molar-refractivity contribution in [3.05, 3.63) is 30.5 Å². The van der Waals surface area contributed by atoms with Crippen LogP contribution in [0.15, 0.2) is 30.5 Å². The van der Waals surface area contributed by atoms with Crippen molar-refractivity contribution in [2.24, 2.45) is 11.8 Å². The van der Waals surface area contributed by atoms with Crippen molar-refractivity contribution in [2.45, 2.75) is 70.2 Å². The first-order chi connectivity index (χ1) is 12.8. The summed E-state index contributed by atoms with van der Waals surface area (Å²) in [6.45, 7) is 5.60. The zero-order valence-electron chi connectivity index (χ0n) is 15.9. The highest BCUT2D eigenvalue weighted by Crippen LogP contribution is 2.38. The fourth-order valence-corrected chi connectivity index (χ4v) is 5.10. The molecule has 0 N–H and O–H groups in total. The fourth-order valence-electron chi connectivity index (χ4n) is 5.10. The first-order valence-corrected chi connectivity index (χ1v) is 10.5. The van der Waals surface area contributed by atoms with E-state index in [-0.39, 0.29) is 0 Å². The Morgan fingerprint density at radius 2 is 1.85 bits per heavy atom. The molecule has 1 aromatic heterocycles. The summed E-state index contributed by atoms with van der Waals surface area (Å²) < 4.78 is 8.42. The minimum atomic E-state index is 0.523. The quantitative estimate of drug-likeness (QED) is 0.751. The van der Waals surface area contributed by atoms with E-state index in [0.29, 0.717) is 12.0 Å². The van der Waals surface area contributed by atoms with Crippen molar-refractivity contribution in [1.82, 2.24) is 14.7 Å². The molecule has 2 bridgehead atoms. The zero-order chi connectivity index (χ0) is 17.5. The summed E-state index contributed by atoms with van der Waals surface area (Å²) in [5.41, 5.74) is 1.26. The number of rotatable bonds is 7. The lowest BCUT2D eigenvalue weighted by Crippen LogP contribution is -2.47. The molecule has 0 spiro atoms. The maximum Gasteiger partial charge on any atom is 0.0682 e. The Morgan fingerprint density at radius 3 is 2.62 bits per heavy atom. The average Bonchev–Trinajstić information content (AvgIpc) is 3.36. The van der Waals surface area contributed by atoms with Crippen LogP contribution in [0.1, 0.15) is 45.4 Å². The molecular weight excluding hydrogens is 322 g/mol. The molecule has 0 radical (unpaired) electrons. The monoisotopic (exact) mass is 353 g/mol. The fraction of sp³-hybridized carbons (Fsp3) is 0.682. The van der Waals surface area contributed by atoms with Crippen molar-refractivity contribution in [3.63, 3.8) is 0 Å². The van der Waals surface area contributed by atoms with Gasteiger partial charge in [0.1, 0.15) is 0 Å².